The zero-order chi connectivity index (χ0) is 24.7. The molecule has 2 aliphatic rings. The van der Waals surface area contributed by atoms with E-state index in [2.05, 4.69) is 15.2 Å². The highest BCUT2D eigenvalue weighted by molar-refractivity contribution is 6.40. The predicted molar refractivity (Wildman–Crippen MR) is 137 cm³/mol. The molecule has 3 heterocycles. The molecule has 2 saturated heterocycles. The Morgan fingerprint density at radius 3 is 2.26 bits per heavy atom. The highest BCUT2D eigenvalue weighted by Gasteiger charge is 2.30. The Labute approximate surface area is 212 Å². The summed E-state index contributed by atoms with van der Waals surface area (Å²) in [5.41, 5.74) is 2.08. The average molecular weight is 516 g/mol. The summed E-state index contributed by atoms with van der Waals surface area (Å²) in [7, 11) is 1.71. The van der Waals surface area contributed by atoms with Gasteiger partial charge in [0.15, 0.2) is 0 Å². The lowest BCUT2D eigenvalue weighted by Gasteiger charge is -2.28. The Bertz CT molecular complexity index is 1280. The number of nitrogens with one attached hydrogen (secondary N) is 1. The summed E-state index contributed by atoms with van der Waals surface area (Å²) in [4.78, 5) is 22.1. The Morgan fingerprint density at radius 1 is 0.971 bits per heavy atom. The molecule has 0 unspecified atom stereocenters. The van der Waals surface area contributed by atoms with Crippen molar-refractivity contribution in [3.05, 3.63) is 58.5 Å². The number of carbonyl (C=O) groups excluding carboxylic acids is 1. The molecule has 2 fully saturated rings. The van der Waals surface area contributed by atoms with Crippen LogP contribution in [0, 0.1) is 5.82 Å². The summed E-state index contributed by atoms with van der Waals surface area (Å²) >= 11 is 13.1. The summed E-state index contributed by atoms with van der Waals surface area (Å²) in [6, 6.07) is 9.11. The number of rotatable bonds is 4. The molecule has 182 valence electrons. The van der Waals surface area contributed by atoms with Gasteiger partial charge in [-0.25, -0.2) is 14.2 Å². The van der Waals surface area contributed by atoms with E-state index in [-0.39, 0.29) is 27.4 Å². The Kier molecular flexibility index (Phi) is 6.44. The molecule has 7 nitrogen and oxygen atoms in total. The van der Waals surface area contributed by atoms with Crippen molar-refractivity contribution in [1.82, 2.24) is 15.2 Å². The molecule has 10 heteroatoms. The quantitative estimate of drug-likeness (QED) is 0.519. The van der Waals surface area contributed by atoms with Crippen molar-refractivity contribution in [1.29, 1.82) is 0 Å². The number of piperazine rings is 1. The maximum atomic E-state index is 14.8. The summed E-state index contributed by atoms with van der Waals surface area (Å²) in [6.07, 6.45) is 1.66. The second-order valence-electron chi connectivity index (χ2n) is 8.63. The zero-order valence-electron chi connectivity index (χ0n) is 19.1. The normalized spacial score (nSPS) is 16.3. The second kappa shape index (κ2) is 9.53. The molecule has 0 spiro atoms. The molecule has 3 aromatic rings. The number of nitrogens with zero attached hydrogens (tertiary/aromatic N) is 4. The van der Waals surface area contributed by atoms with Gasteiger partial charge in [-0.1, -0.05) is 23.2 Å². The molecule has 2 N–H and O–H groups in total. The number of hydrogen-bond acceptors (Lipinski definition) is 5. The number of aromatic hydroxyl groups is 1. The van der Waals surface area contributed by atoms with Crippen LogP contribution in [0.2, 0.25) is 10.0 Å². The number of anilines is 2. The number of phenolic OH excluding ortho intramolecular Hbond substituents is 1. The van der Waals surface area contributed by atoms with Gasteiger partial charge in [-0.15, -0.1) is 0 Å². The molecule has 0 radical (unpaired) electrons. The molecular weight excluding hydrogens is 492 g/mol. The fourth-order valence-electron chi connectivity index (χ4n) is 4.53. The lowest BCUT2D eigenvalue weighted by molar-refractivity contribution is 0.229. The highest BCUT2D eigenvalue weighted by Crippen LogP contribution is 2.44. The van der Waals surface area contributed by atoms with Gasteiger partial charge >= 0.3 is 6.03 Å². The van der Waals surface area contributed by atoms with Gasteiger partial charge in [0.2, 0.25) is 0 Å². The third-order valence-electron chi connectivity index (χ3n) is 6.39. The van der Waals surface area contributed by atoms with Crippen LogP contribution in [0.25, 0.3) is 22.3 Å². The van der Waals surface area contributed by atoms with Gasteiger partial charge in [-0.2, -0.15) is 0 Å². The predicted octanol–water partition coefficient (Wildman–Crippen LogP) is 4.85. The monoisotopic (exact) mass is 515 g/mol. The number of likely N-dealkylation sites (N-methyl/N-ethyl adjacent to an activating group) is 1. The average Bonchev–Trinajstić information content (AvgIpc) is 3.18. The van der Waals surface area contributed by atoms with Crippen molar-refractivity contribution in [2.45, 2.75) is 0 Å². The highest BCUT2D eigenvalue weighted by atomic mass is 35.5. The lowest BCUT2D eigenvalue weighted by Crippen LogP contribution is -2.43. The SMILES string of the molecule is CN1CCN(c2c(Cl)cc(-c3cc(F)cc(-c4ccnc(N5CCNCC5)c4)c3O)cc2Cl)C1=O. The molecule has 0 saturated carbocycles. The zero-order valence-corrected chi connectivity index (χ0v) is 20.6. The molecule has 2 amide bonds. The van der Waals surface area contributed by atoms with Crippen LogP contribution in [0.1, 0.15) is 0 Å². The van der Waals surface area contributed by atoms with E-state index in [9.17, 15) is 14.3 Å². The number of amides is 2. The number of carbonyl (C=O) groups is 1. The summed E-state index contributed by atoms with van der Waals surface area (Å²) in [6.45, 7) is 4.37. The topological polar surface area (TPSA) is 71.9 Å². The molecule has 35 heavy (non-hydrogen) atoms. The van der Waals surface area contributed by atoms with E-state index >= 15 is 0 Å². The Hall–Kier alpha value is -3.07. The minimum absolute atomic E-state index is 0.0965. The van der Waals surface area contributed by atoms with E-state index in [0.29, 0.717) is 35.5 Å². The number of halogens is 3. The number of hydrogen-bond donors (Lipinski definition) is 2. The van der Waals surface area contributed by atoms with Gasteiger partial charge in [-0.05, 0) is 47.5 Å². The van der Waals surface area contributed by atoms with Crippen LogP contribution in [0.5, 0.6) is 5.75 Å². The van der Waals surface area contributed by atoms with E-state index in [1.165, 1.54) is 17.0 Å². The van der Waals surface area contributed by atoms with Crippen molar-refractivity contribution in [3.8, 4) is 28.0 Å². The fraction of sp³-hybridized carbons (Fsp3) is 0.280. The van der Waals surface area contributed by atoms with E-state index < -0.39 is 5.82 Å². The van der Waals surface area contributed by atoms with Crippen LogP contribution in [-0.4, -0.2) is 67.3 Å². The molecule has 2 aliphatic heterocycles. The summed E-state index contributed by atoms with van der Waals surface area (Å²) in [5, 5.41) is 15.0. The molecule has 5 rings (SSSR count). The number of aromatic nitrogens is 1. The van der Waals surface area contributed by atoms with Crippen molar-refractivity contribution in [2.24, 2.45) is 0 Å². The smallest absolute Gasteiger partial charge is 0.324 e. The number of urea groups is 1. The van der Waals surface area contributed by atoms with Crippen molar-refractivity contribution in [2.75, 3.05) is 56.1 Å². The van der Waals surface area contributed by atoms with Crippen molar-refractivity contribution >= 4 is 40.7 Å². The Morgan fingerprint density at radius 2 is 1.63 bits per heavy atom. The maximum absolute atomic E-state index is 14.8. The molecular formula is C25H24Cl2FN5O2. The van der Waals surface area contributed by atoms with E-state index in [0.717, 1.165) is 32.0 Å². The summed E-state index contributed by atoms with van der Waals surface area (Å²) < 4.78 is 14.8. The largest absolute Gasteiger partial charge is 0.507 e. The number of pyridine rings is 1. The van der Waals surface area contributed by atoms with Crippen LogP contribution in [0.3, 0.4) is 0 Å². The van der Waals surface area contributed by atoms with Gasteiger partial charge < -0.3 is 20.2 Å². The van der Waals surface area contributed by atoms with Gasteiger partial charge in [0, 0.05) is 63.6 Å². The molecule has 0 bridgehead atoms. The first-order valence-electron chi connectivity index (χ1n) is 11.3. The van der Waals surface area contributed by atoms with Gasteiger partial charge in [0.1, 0.15) is 17.4 Å². The minimum Gasteiger partial charge on any atom is -0.507 e. The molecule has 0 atom stereocenters. The van der Waals surface area contributed by atoms with Crippen LogP contribution in [-0.2, 0) is 0 Å². The molecule has 0 aliphatic carbocycles. The lowest BCUT2D eigenvalue weighted by atomic mass is 9.97. The van der Waals surface area contributed by atoms with E-state index in [1.807, 2.05) is 6.07 Å². The third kappa shape index (κ3) is 4.49. The van der Waals surface area contributed by atoms with Crippen molar-refractivity contribution in [3.63, 3.8) is 0 Å². The van der Waals surface area contributed by atoms with E-state index in [1.54, 1.807) is 36.3 Å². The van der Waals surface area contributed by atoms with Crippen LogP contribution in [0.4, 0.5) is 20.7 Å². The maximum Gasteiger partial charge on any atom is 0.324 e. The number of phenols is 1. The van der Waals surface area contributed by atoms with Crippen molar-refractivity contribution < 1.29 is 14.3 Å². The van der Waals surface area contributed by atoms with Crippen LogP contribution >= 0.6 is 23.2 Å². The van der Waals surface area contributed by atoms with Gasteiger partial charge in [-0.3, -0.25) is 4.90 Å². The first-order chi connectivity index (χ1) is 16.8. The van der Waals surface area contributed by atoms with Gasteiger partial charge in [0.05, 0.1) is 15.7 Å². The van der Waals surface area contributed by atoms with Gasteiger partial charge in [0.25, 0.3) is 0 Å². The van der Waals surface area contributed by atoms with E-state index in [4.69, 9.17) is 23.2 Å². The van der Waals surface area contributed by atoms with Crippen LogP contribution < -0.4 is 15.1 Å². The molecule has 2 aromatic carbocycles. The Balaban J connectivity index is 1.54. The fourth-order valence-corrected chi connectivity index (χ4v) is 5.22. The second-order valence-corrected chi connectivity index (χ2v) is 9.45. The third-order valence-corrected chi connectivity index (χ3v) is 6.96. The standard InChI is InChI=1S/C25H24Cl2FN5O2/c1-31-8-9-33(25(31)35)23-20(26)10-16(11-21(23)27)19-14-17(28)13-18(24(19)34)15-2-3-30-22(12-15)32-6-4-29-5-7-32/h2-3,10-14,29,34H,4-9H2,1H3. The summed E-state index contributed by atoms with van der Waals surface area (Å²) in [5.74, 6) is 0.159. The molecule has 1 aromatic heterocycles. The first kappa shape index (κ1) is 23.7. The first-order valence-corrected chi connectivity index (χ1v) is 12.1. The minimum atomic E-state index is -0.513. The number of benzene rings is 2. The van der Waals surface area contributed by atoms with Crippen LogP contribution in [0.15, 0.2) is 42.6 Å².